The molecule has 0 saturated heterocycles. The van der Waals surface area contributed by atoms with Crippen molar-refractivity contribution in [3.8, 4) is 10.7 Å². The maximum atomic E-state index is 12.5. The van der Waals surface area contributed by atoms with Crippen LogP contribution in [-0.2, 0) is 6.54 Å². The minimum atomic E-state index is -0.773. The summed E-state index contributed by atoms with van der Waals surface area (Å²) in [6.45, 7) is 2.75. The Morgan fingerprint density at radius 3 is 2.52 bits per heavy atom. The molecule has 0 aliphatic heterocycles. The first-order valence-corrected chi connectivity index (χ1v) is 10.2. The van der Waals surface area contributed by atoms with Gasteiger partial charge in [-0.3, -0.25) is 30.6 Å². The molecule has 4 rings (SSSR count). The van der Waals surface area contributed by atoms with Gasteiger partial charge >= 0.3 is 0 Å². The highest BCUT2D eigenvalue weighted by Gasteiger charge is 2.20. The number of aryl methyl sites for hydroxylation is 1. The predicted molar refractivity (Wildman–Crippen MR) is 117 cm³/mol. The summed E-state index contributed by atoms with van der Waals surface area (Å²) in [5, 5.41) is 11.1. The molecule has 0 unspecified atom stereocenters. The number of nitrogens with zero attached hydrogens (tertiary/aromatic N) is 3. The van der Waals surface area contributed by atoms with E-state index in [9.17, 15) is 19.7 Å². The van der Waals surface area contributed by atoms with Gasteiger partial charge < -0.3 is 4.57 Å². The number of hydrazine groups is 1. The molecular formula is C21H17N5O4S. The first kappa shape index (κ1) is 20.2. The number of amides is 2. The summed E-state index contributed by atoms with van der Waals surface area (Å²) in [7, 11) is 0. The van der Waals surface area contributed by atoms with Crippen molar-refractivity contribution in [2.75, 3.05) is 0 Å². The second-order valence-electron chi connectivity index (χ2n) is 6.51. The molecule has 2 aromatic heterocycles. The number of imidazole rings is 1. The summed E-state index contributed by atoms with van der Waals surface area (Å²) in [5.41, 5.74) is 5.93. The lowest BCUT2D eigenvalue weighted by Crippen LogP contribution is -2.41. The normalized spacial score (nSPS) is 10.7. The van der Waals surface area contributed by atoms with Crippen molar-refractivity contribution in [2.45, 2.75) is 13.5 Å². The van der Waals surface area contributed by atoms with Crippen LogP contribution in [0, 0.1) is 10.1 Å². The van der Waals surface area contributed by atoms with E-state index in [4.69, 9.17) is 0 Å². The summed E-state index contributed by atoms with van der Waals surface area (Å²) in [4.78, 5) is 41.0. The molecule has 31 heavy (non-hydrogen) atoms. The number of carbonyl (C=O) groups excluding carboxylic acids is 2. The maximum absolute atomic E-state index is 12.5. The van der Waals surface area contributed by atoms with E-state index in [1.54, 1.807) is 12.1 Å². The molecule has 0 spiro atoms. The Balaban J connectivity index is 1.51. The molecule has 2 amide bonds. The van der Waals surface area contributed by atoms with Gasteiger partial charge in [-0.1, -0.05) is 24.3 Å². The van der Waals surface area contributed by atoms with Crippen LogP contribution in [0.1, 0.15) is 27.0 Å². The number of fused-ring (bicyclic) bond motifs is 1. The number of benzene rings is 2. The molecule has 10 heteroatoms. The number of carbonyl (C=O) groups is 2. The van der Waals surface area contributed by atoms with Crippen molar-refractivity contribution in [3.05, 3.63) is 81.2 Å². The van der Waals surface area contributed by atoms with E-state index >= 15 is 0 Å². The lowest BCUT2D eigenvalue weighted by molar-refractivity contribution is -0.385. The van der Waals surface area contributed by atoms with E-state index in [-0.39, 0.29) is 11.3 Å². The smallest absolute Gasteiger partial charge is 0.282 e. The molecule has 0 atom stereocenters. The molecule has 4 aromatic rings. The minimum absolute atomic E-state index is 0.142. The summed E-state index contributed by atoms with van der Waals surface area (Å²) in [5.74, 6) is -0.538. The molecule has 0 aliphatic carbocycles. The number of para-hydroxylation sites is 3. The Labute approximate surface area is 180 Å². The summed E-state index contributed by atoms with van der Waals surface area (Å²) >= 11 is 1.24. The van der Waals surface area contributed by atoms with Crippen molar-refractivity contribution >= 4 is 39.9 Å². The van der Waals surface area contributed by atoms with Gasteiger partial charge in [0.2, 0.25) is 0 Å². The summed E-state index contributed by atoms with van der Waals surface area (Å²) < 4.78 is 2.07. The molecule has 0 saturated carbocycles. The number of rotatable bonds is 5. The van der Waals surface area contributed by atoms with Crippen LogP contribution in [0.15, 0.2) is 60.7 Å². The van der Waals surface area contributed by atoms with E-state index in [0.29, 0.717) is 4.88 Å². The third kappa shape index (κ3) is 3.88. The SMILES string of the molecule is CCn1c(-c2ccc(C(=O)NNC(=O)c3ccccc3[N+](=O)[O-])s2)nc2ccccc21. The second-order valence-corrected chi connectivity index (χ2v) is 7.60. The molecule has 0 radical (unpaired) electrons. The predicted octanol–water partition coefficient (Wildman–Crippen LogP) is 3.77. The fourth-order valence-corrected chi connectivity index (χ4v) is 4.13. The summed E-state index contributed by atoms with van der Waals surface area (Å²) in [6, 6.07) is 16.8. The molecule has 156 valence electrons. The van der Waals surface area contributed by atoms with Gasteiger partial charge in [-0.2, -0.15) is 0 Å². The molecule has 2 heterocycles. The molecule has 0 aliphatic rings. The van der Waals surface area contributed by atoms with Crippen LogP contribution in [0.5, 0.6) is 0 Å². The van der Waals surface area contributed by atoms with Crippen molar-refractivity contribution in [1.29, 1.82) is 0 Å². The Bertz CT molecular complexity index is 1310. The topological polar surface area (TPSA) is 119 Å². The number of thiophene rings is 1. The van der Waals surface area contributed by atoms with Gasteiger partial charge in [0.25, 0.3) is 17.5 Å². The van der Waals surface area contributed by atoms with E-state index in [0.717, 1.165) is 28.3 Å². The average molecular weight is 435 g/mol. The van der Waals surface area contributed by atoms with Crippen LogP contribution in [0.4, 0.5) is 5.69 Å². The maximum Gasteiger partial charge on any atom is 0.282 e. The number of nitro groups is 1. The Hall–Kier alpha value is -4.05. The van der Waals surface area contributed by atoms with Crippen LogP contribution in [0.25, 0.3) is 21.7 Å². The largest absolute Gasteiger partial charge is 0.324 e. The van der Waals surface area contributed by atoms with Gasteiger partial charge in [0.15, 0.2) is 5.82 Å². The van der Waals surface area contributed by atoms with Gasteiger partial charge in [-0.25, -0.2) is 4.98 Å². The molecule has 0 bridgehead atoms. The monoisotopic (exact) mass is 435 g/mol. The van der Waals surface area contributed by atoms with Crippen molar-refractivity contribution in [2.24, 2.45) is 0 Å². The van der Waals surface area contributed by atoms with E-state index in [2.05, 4.69) is 20.4 Å². The van der Waals surface area contributed by atoms with Gasteiger partial charge in [-0.05, 0) is 37.3 Å². The first-order chi connectivity index (χ1) is 15.0. The zero-order valence-electron chi connectivity index (χ0n) is 16.4. The Kier molecular flexibility index (Phi) is 5.46. The lowest BCUT2D eigenvalue weighted by atomic mass is 10.2. The molecule has 9 nitrogen and oxygen atoms in total. The van der Waals surface area contributed by atoms with Crippen LogP contribution < -0.4 is 10.9 Å². The standard InChI is InChI=1S/C21H17N5O4S/c1-2-25-16-10-6-4-8-14(16)22-19(25)17-11-12-18(31-17)21(28)24-23-20(27)13-7-3-5-9-15(13)26(29)30/h3-12H,2H2,1H3,(H,23,27)(H,24,28). The number of nitrogens with one attached hydrogen (secondary N) is 2. The van der Waals surface area contributed by atoms with Crippen LogP contribution in [0.2, 0.25) is 0 Å². The van der Waals surface area contributed by atoms with E-state index < -0.39 is 16.7 Å². The van der Waals surface area contributed by atoms with E-state index in [1.807, 2.05) is 31.2 Å². The number of aromatic nitrogens is 2. The lowest BCUT2D eigenvalue weighted by Gasteiger charge is -2.06. The fourth-order valence-electron chi connectivity index (χ4n) is 3.23. The number of hydrogen-bond donors (Lipinski definition) is 2. The highest BCUT2D eigenvalue weighted by Crippen LogP contribution is 2.30. The first-order valence-electron chi connectivity index (χ1n) is 9.39. The average Bonchev–Trinajstić information content (AvgIpc) is 3.41. The summed E-state index contributed by atoms with van der Waals surface area (Å²) in [6.07, 6.45) is 0. The van der Waals surface area contributed by atoms with Crippen LogP contribution >= 0.6 is 11.3 Å². The molecule has 0 fully saturated rings. The molecule has 2 aromatic carbocycles. The van der Waals surface area contributed by atoms with Crippen molar-refractivity contribution in [3.63, 3.8) is 0 Å². The third-order valence-electron chi connectivity index (χ3n) is 4.66. The van der Waals surface area contributed by atoms with Gasteiger partial charge in [0.05, 0.1) is 25.7 Å². The van der Waals surface area contributed by atoms with Crippen LogP contribution in [-0.4, -0.2) is 26.3 Å². The fraction of sp³-hybridized carbons (Fsp3) is 0.0952. The van der Waals surface area contributed by atoms with E-state index in [1.165, 1.54) is 35.6 Å². The highest BCUT2D eigenvalue weighted by atomic mass is 32.1. The second kappa shape index (κ2) is 8.36. The third-order valence-corrected chi connectivity index (χ3v) is 5.74. The Morgan fingerprint density at radius 2 is 1.74 bits per heavy atom. The van der Waals surface area contributed by atoms with Gasteiger partial charge in [0.1, 0.15) is 5.56 Å². The minimum Gasteiger partial charge on any atom is -0.324 e. The molecular weight excluding hydrogens is 418 g/mol. The highest BCUT2D eigenvalue weighted by molar-refractivity contribution is 7.17. The van der Waals surface area contributed by atoms with Crippen molar-refractivity contribution < 1.29 is 14.5 Å². The zero-order chi connectivity index (χ0) is 22.0. The number of nitro benzene ring substituents is 1. The van der Waals surface area contributed by atoms with Crippen LogP contribution in [0.3, 0.4) is 0 Å². The molecule has 2 N–H and O–H groups in total. The Morgan fingerprint density at radius 1 is 1.03 bits per heavy atom. The quantitative estimate of drug-likeness (QED) is 0.365. The van der Waals surface area contributed by atoms with Gasteiger partial charge in [0, 0.05) is 12.6 Å². The van der Waals surface area contributed by atoms with Crippen molar-refractivity contribution in [1.82, 2.24) is 20.4 Å². The zero-order valence-corrected chi connectivity index (χ0v) is 17.2. The number of hydrogen-bond acceptors (Lipinski definition) is 6. The van der Waals surface area contributed by atoms with Gasteiger partial charge in [-0.15, -0.1) is 11.3 Å².